The number of hydrogen-bond acceptors (Lipinski definition) is 5. The zero-order valence-corrected chi connectivity index (χ0v) is 17.9. The number of methoxy groups -OCH3 is 2. The Morgan fingerprint density at radius 3 is 2.52 bits per heavy atom. The van der Waals surface area contributed by atoms with Gasteiger partial charge in [0.2, 0.25) is 0 Å². The Morgan fingerprint density at radius 2 is 1.77 bits per heavy atom. The van der Waals surface area contributed by atoms with Crippen molar-refractivity contribution in [2.75, 3.05) is 20.8 Å². The van der Waals surface area contributed by atoms with Gasteiger partial charge in [-0.3, -0.25) is 4.79 Å². The smallest absolute Gasteiger partial charge is 0.251 e. The van der Waals surface area contributed by atoms with Crippen LogP contribution < -0.4 is 14.8 Å². The number of nitrogens with zero attached hydrogens (tertiary/aromatic N) is 1. The van der Waals surface area contributed by atoms with E-state index in [0.717, 1.165) is 16.5 Å². The maximum Gasteiger partial charge on any atom is 0.251 e. The summed E-state index contributed by atoms with van der Waals surface area (Å²) in [6, 6.07) is 18.3. The maximum absolute atomic E-state index is 12.7. The number of rotatable bonds is 7. The number of fused-ring (bicyclic) bond motifs is 1. The number of carbonyl (C=O) groups is 1. The van der Waals surface area contributed by atoms with E-state index >= 15 is 0 Å². The highest BCUT2D eigenvalue weighted by Crippen LogP contribution is 2.30. The zero-order chi connectivity index (χ0) is 21.8. The molecule has 0 atom stereocenters. The standard InChI is InChI=1S/C24H21ClN2O4/c1-29-21-10-3-15(13-22(21)30-2)11-12-26-24(28)17-6-9-20-19(14-17)23(31-27-20)16-4-7-18(25)8-5-16/h3-10,13-14H,11-12H2,1-2H3,(H,26,28). The molecule has 158 valence electrons. The topological polar surface area (TPSA) is 73.6 Å². The summed E-state index contributed by atoms with van der Waals surface area (Å²) in [5.41, 5.74) is 3.11. The van der Waals surface area contributed by atoms with Gasteiger partial charge < -0.3 is 19.3 Å². The van der Waals surface area contributed by atoms with E-state index in [2.05, 4.69) is 10.5 Å². The fourth-order valence-corrected chi connectivity index (χ4v) is 3.48. The molecule has 1 aromatic heterocycles. The van der Waals surface area contributed by atoms with Crippen LogP contribution >= 0.6 is 11.6 Å². The molecule has 0 aliphatic carbocycles. The number of carbonyl (C=O) groups excluding carboxylic acids is 1. The van der Waals surface area contributed by atoms with E-state index in [1.165, 1.54) is 0 Å². The van der Waals surface area contributed by atoms with Crippen molar-refractivity contribution < 1.29 is 18.8 Å². The van der Waals surface area contributed by atoms with Crippen LogP contribution in [0.25, 0.3) is 22.2 Å². The number of aromatic nitrogens is 1. The third-order valence-electron chi connectivity index (χ3n) is 4.99. The molecule has 1 N–H and O–H groups in total. The van der Waals surface area contributed by atoms with Gasteiger partial charge in [-0.05, 0) is 66.6 Å². The van der Waals surface area contributed by atoms with Crippen LogP contribution in [0.1, 0.15) is 15.9 Å². The fourth-order valence-electron chi connectivity index (χ4n) is 3.35. The Labute approximate surface area is 184 Å². The van der Waals surface area contributed by atoms with Gasteiger partial charge in [0.25, 0.3) is 5.91 Å². The summed E-state index contributed by atoms with van der Waals surface area (Å²) < 4.78 is 16.1. The first kappa shape index (κ1) is 20.8. The van der Waals surface area contributed by atoms with E-state index in [9.17, 15) is 4.79 Å². The van der Waals surface area contributed by atoms with Crippen molar-refractivity contribution in [3.63, 3.8) is 0 Å². The Hall–Kier alpha value is -3.51. The van der Waals surface area contributed by atoms with E-state index < -0.39 is 0 Å². The molecule has 6 nitrogen and oxygen atoms in total. The van der Waals surface area contributed by atoms with Gasteiger partial charge in [0.1, 0.15) is 5.52 Å². The molecule has 3 aromatic carbocycles. The van der Waals surface area contributed by atoms with Gasteiger partial charge in [-0.1, -0.05) is 22.8 Å². The molecule has 0 bridgehead atoms. The summed E-state index contributed by atoms with van der Waals surface area (Å²) in [5.74, 6) is 1.78. The van der Waals surface area contributed by atoms with Crippen LogP contribution in [0.2, 0.25) is 5.02 Å². The molecule has 4 aromatic rings. The van der Waals surface area contributed by atoms with Crippen molar-refractivity contribution in [1.29, 1.82) is 0 Å². The van der Waals surface area contributed by atoms with Gasteiger partial charge in [0.05, 0.1) is 19.6 Å². The largest absolute Gasteiger partial charge is 0.493 e. The number of amides is 1. The van der Waals surface area contributed by atoms with Gasteiger partial charge in [0.15, 0.2) is 17.3 Å². The minimum absolute atomic E-state index is 0.161. The molecule has 4 rings (SSSR count). The Morgan fingerprint density at radius 1 is 1.00 bits per heavy atom. The number of benzene rings is 3. The van der Waals surface area contributed by atoms with E-state index in [1.807, 2.05) is 30.3 Å². The first-order valence-corrected chi connectivity index (χ1v) is 10.1. The van der Waals surface area contributed by atoms with Crippen LogP contribution in [0.3, 0.4) is 0 Å². The minimum atomic E-state index is -0.161. The molecule has 1 amide bonds. The highest BCUT2D eigenvalue weighted by Gasteiger charge is 2.14. The molecule has 0 spiro atoms. The summed E-state index contributed by atoms with van der Waals surface area (Å²) in [7, 11) is 3.20. The summed E-state index contributed by atoms with van der Waals surface area (Å²) in [6.45, 7) is 0.486. The van der Waals surface area contributed by atoms with E-state index in [4.69, 9.17) is 25.6 Å². The van der Waals surface area contributed by atoms with Crippen molar-refractivity contribution in [2.24, 2.45) is 0 Å². The summed E-state index contributed by atoms with van der Waals surface area (Å²) in [6.07, 6.45) is 0.664. The molecule has 7 heteroatoms. The van der Waals surface area contributed by atoms with Gasteiger partial charge >= 0.3 is 0 Å². The third-order valence-corrected chi connectivity index (χ3v) is 5.24. The van der Waals surface area contributed by atoms with Crippen molar-refractivity contribution in [3.8, 4) is 22.8 Å². The molecule has 0 radical (unpaired) electrons. The Kier molecular flexibility index (Phi) is 6.09. The maximum atomic E-state index is 12.7. The van der Waals surface area contributed by atoms with Crippen molar-refractivity contribution >= 4 is 28.4 Å². The van der Waals surface area contributed by atoms with Crippen LogP contribution in [0.4, 0.5) is 0 Å². The second-order valence-electron chi connectivity index (χ2n) is 6.95. The quantitative estimate of drug-likeness (QED) is 0.434. The van der Waals surface area contributed by atoms with E-state index in [0.29, 0.717) is 46.3 Å². The van der Waals surface area contributed by atoms with E-state index in [-0.39, 0.29) is 5.91 Å². The lowest BCUT2D eigenvalue weighted by molar-refractivity contribution is 0.0954. The lowest BCUT2D eigenvalue weighted by Gasteiger charge is -2.10. The first-order valence-electron chi connectivity index (χ1n) is 9.73. The summed E-state index contributed by atoms with van der Waals surface area (Å²) in [5, 5.41) is 8.46. The van der Waals surface area contributed by atoms with Gasteiger partial charge in [-0.15, -0.1) is 0 Å². The van der Waals surface area contributed by atoms with Crippen LogP contribution in [0.5, 0.6) is 11.5 Å². The van der Waals surface area contributed by atoms with Gasteiger partial charge in [-0.25, -0.2) is 0 Å². The van der Waals surface area contributed by atoms with Crippen LogP contribution in [-0.2, 0) is 6.42 Å². The second kappa shape index (κ2) is 9.10. The molecule has 0 unspecified atom stereocenters. The van der Waals surface area contributed by atoms with Gasteiger partial charge in [-0.2, -0.15) is 0 Å². The van der Waals surface area contributed by atoms with E-state index in [1.54, 1.807) is 44.6 Å². The number of ether oxygens (including phenoxy) is 2. The molecular weight excluding hydrogens is 416 g/mol. The number of hydrogen-bond donors (Lipinski definition) is 1. The normalized spacial score (nSPS) is 10.8. The Balaban J connectivity index is 1.47. The summed E-state index contributed by atoms with van der Waals surface area (Å²) >= 11 is 5.97. The monoisotopic (exact) mass is 436 g/mol. The predicted octanol–water partition coefficient (Wildman–Crippen LogP) is 5.14. The number of nitrogens with one attached hydrogen (secondary N) is 1. The van der Waals surface area contributed by atoms with Crippen molar-refractivity contribution in [1.82, 2.24) is 10.5 Å². The first-order chi connectivity index (χ1) is 15.1. The molecule has 0 saturated heterocycles. The predicted molar refractivity (Wildman–Crippen MR) is 120 cm³/mol. The molecule has 31 heavy (non-hydrogen) atoms. The van der Waals surface area contributed by atoms with Crippen molar-refractivity contribution in [3.05, 3.63) is 76.8 Å². The molecular formula is C24H21ClN2O4. The molecule has 1 heterocycles. The zero-order valence-electron chi connectivity index (χ0n) is 17.1. The van der Waals surface area contributed by atoms with Crippen LogP contribution in [0.15, 0.2) is 65.2 Å². The van der Waals surface area contributed by atoms with Crippen molar-refractivity contribution in [2.45, 2.75) is 6.42 Å². The SMILES string of the molecule is COc1ccc(CCNC(=O)c2ccc3noc(-c4ccc(Cl)cc4)c3c2)cc1OC. The number of halogens is 1. The lowest BCUT2D eigenvalue weighted by atomic mass is 10.1. The summed E-state index contributed by atoms with van der Waals surface area (Å²) in [4.78, 5) is 12.7. The molecule has 0 aliphatic heterocycles. The highest BCUT2D eigenvalue weighted by molar-refractivity contribution is 6.30. The van der Waals surface area contributed by atoms with Gasteiger partial charge in [0, 0.05) is 22.7 Å². The Bertz CT molecular complexity index is 1220. The third kappa shape index (κ3) is 4.49. The highest BCUT2D eigenvalue weighted by atomic mass is 35.5. The average Bonchev–Trinajstić information content (AvgIpc) is 3.22. The molecule has 0 fully saturated rings. The minimum Gasteiger partial charge on any atom is -0.493 e. The van der Waals surface area contributed by atoms with Crippen LogP contribution in [0, 0.1) is 0 Å². The molecule has 0 aliphatic rings. The molecule has 0 saturated carbocycles. The second-order valence-corrected chi connectivity index (χ2v) is 7.38. The fraction of sp³-hybridized carbons (Fsp3) is 0.167. The average molecular weight is 437 g/mol. The lowest BCUT2D eigenvalue weighted by Crippen LogP contribution is -2.25. The van der Waals surface area contributed by atoms with Crippen LogP contribution in [-0.4, -0.2) is 31.8 Å².